The lowest BCUT2D eigenvalue weighted by Crippen LogP contribution is -2.43. The van der Waals surface area contributed by atoms with E-state index in [1.54, 1.807) is 0 Å². The quantitative estimate of drug-likeness (QED) is 0.540. The molecule has 16 heavy (non-hydrogen) atoms. The van der Waals surface area contributed by atoms with Crippen molar-refractivity contribution >= 4 is 5.96 Å². The maximum Gasteiger partial charge on any atom is 0.191 e. The predicted molar refractivity (Wildman–Crippen MR) is 72.9 cm³/mol. The van der Waals surface area contributed by atoms with Crippen LogP contribution in [0, 0.1) is 11.8 Å². The van der Waals surface area contributed by atoms with E-state index in [2.05, 4.69) is 50.2 Å². The first-order valence-electron chi connectivity index (χ1n) is 6.42. The molecule has 0 aromatic carbocycles. The summed E-state index contributed by atoms with van der Waals surface area (Å²) in [7, 11) is 1.82. The maximum atomic E-state index is 4.22. The summed E-state index contributed by atoms with van der Waals surface area (Å²) in [5.41, 5.74) is 0. The van der Waals surface area contributed by atoms with Crippen LogP contribution in [-0.4, -0.2) is 25.6 Å². The molecule has 0 spiro atoms. The Bertz CT molecular complexity index is 197. The normalized spacial score (nSPS) is 14.4. The Balaban J connectivity index is 3.84. The van der Waals surface area contributed by atoms with Crippen LogP contribution in [0.25, 0.3) is 0 Å². The third kappa shape index (κ3) is 8.57. The first-order valence-corrected chi connectivity index (χ1v) is 6.42. The summed E-state index contributed by atoms with van der Waals surface area (Å²) in [5, 5.41) is 6.74. The molecular weight excluding hydrogens is 198 g/mol. The largest absolute Gasteiger partial charge is 0.356 e. The van der Waals surface area contributed by atoms with Crippen molar-refractivity contribution in [3.63, 3.8) is 0 Å². The summed E-state index contributed by atoms with van der Waals surface area (Å²) in [6.07, 6.45) is 2.45. The zero-order chi connectivity index (χ0) is 12.6. The van der Waals surface area contributed by atoms with E-state index in [0.29, 0.717) is 12.0 Å². The molecular formula is C13H29N3. The average molecular weight is 227 g/mol. The molecule has 0 aromatic rings. The lowest BCUT2D eigenvalue weighted by atomic mass is 10.0. The molecule has 1 atom stereocenters. The highest BCUT2D eigenvalue weighted by Gasteiger charge is 2.06. The van der Waals surface area contributed by atoms with Gasteiger partial charge in [-0.2, -0.15) is 0 Å². The van der Waals surface area contributed by atoms with Crippen LogP contribution >= 0.6 is 0 Å². The molecule has 0 aromatic heterocycles. The van der Waals surface area contributed by atoms with Crippen LogP contribution in [0.1, 0.15) is 47.5 Å². The van der Waals surface area contributed by atoms with Gasteiger partial charge in [0.25, 0.3) is 0 Å². The second kappa shape index (κ2) is 8.43. The van der Waals surface area contributed by atoms with Gasteiger partial charge in [0.2, 0.25) is 0 Å². The van der Waals surface area contributed by atoms with E-state index in [1.165, 1.54) is 12.8 Å². The molecule has 0 saturated heterocycles. The highest BCUT2D eigenvalue weighted by atomic mass is 15.2. The van der Waals surface area contributed by atoms with Crippen molar-refractivity contribution in [2.45, 2.75) is 53.5 Å². The van der Waals surface area contributed by atoms with Crippen LogP contribution in [0.4, 0.5) is 0 Å². The number of nitrogens with one attached hydrogen (secondary N) is 2. The van der Waals surface area contributed by atoms with E-state index in [4.69, 9.17) is 0 Å². The molecule has 0 bridgehead atoms. The fourth-order valence-corrected chi connectivity index (χ4v) is 1.38. The first kappa shape index (κ1) is 15.3. The summed E-state index contributed by atoms with van der Waals surface area (Å²) >= 11 is 0. The third-order valence-electron chi connectivity index (χ3n) is 2.46. The van der Waals surface area contributed by atoms with Gasteiger partial charge in [-0.15, -0.1) is 0 Å². The Kier molecular flexibility index (Phi) is 8.04. The SMILES string of the molecule is CN=C(NCC(C)C)NC(C)CCC(C)C. The molecule has 2 N–H and O–H groups in total. The molecule has 0 heterocycles. The van der Waals surface area contributed by atoms with Gasteiger partial charge in [0.05, 0.1) is 0 Å². The minimum atomic E-state index is 0.487. The summed E-state index contributed by atoms with van der Waals surface area (Å²) < 4.78 is 0. The Morgan fingerprint density at radius 3 is 2.06 bits per heavy atom. The van der Waals surface area contributed by atoms with Crippen LogP contribution < -0.4 is 10.6 Å². The van der Waals surface area contributed by atoms with E-state index >= 15 is 0 Å². The summed E-state index contributed by atoms with van der Waals surface area (Å²) in [5.74, 6) is 2.34. The van der Waals surface area contributed by atoms with Gasteiger partial charge < -0.3 is 10.6 Å². The first-order chi connectivity index (χ1) is 7.45. The predicted octanol–water partition coefficient (Wildman–Crippen LogP) is 2.63. The average Bonchev–Trinajstić information content (AvgIpc) is 2.20. The molecule has 0 aliphatic carbocycles. The number of nitrogens with zero attached hydrogens (tertiary/aromatic N) is 1. The van der Waals surface area contributed by atoms with Gasteiger partial charge in [0.1, 0.15) is 0 Å². The van der Waals surface area contributed by atoms with Gasteiger partial charge in [-0.25, -0.2) is 0 Å². The lowest BCUT2D eigenvalue weighted by molar-refractivity contribution is 0.487. The van der Waals surface area contributed by atoms with Crippen LogP contribution in [0.3, 0.4) is 0 Å². The van der Waals surface area contributed by atoms with Gasteiger partial charge in [0, 0.05) is 19.6 Å². The number of guanidine groups is 1. The van der Waals surface area contributed by atoms with Crippen LogP contribution in [0.2, 0.25) is 0 Å². The zero-order valence-corrected chi connectivity index (χ0v) is 11.8. The van der Waals surface area contributed by atoms with Crippen LogP contribution in [0.5, 0.6) is 0 Å². The molecule has 3 nitrogen and oxygen atoms in total. The zero-order valence-electron chi connectivity index (χ0n) is 11.8. The number of hydrogen-bond acceptors (Lipinski definition) is 1. The Hall–Kier alpha value is -0.730. The van der Waals surface area contributed by atoms with Gasteiger partial charge in [-0.1, -0.05) is 27.7 Å². The Labute approximate surface area is 101 Å². The fraction of sp³-hybridized carbons (Fsp3) is 0.923. The molecule has 0 rings (SSSR count). The summed E-state index contributed by atoms with van der Waals surface area (Å²) in [6, 6.07) is 0.487. The van der Waals surface area contributed by atoms with Crippen LogP contribution in [-0.2, 0) is 0 Å². The van der Waals surface area contributed by atoms with Gasteiger partial charge in [-0.3, -0.25) is 4.99 Å². The fourth-order valence-electron chi connectivity index (χ4n) is 1.38. The third-order valence-corrected chi connectivity index (χ3v) is 2.46. The van der Waals surface area contributed by atoms with E-state index < -0.39 is 0 Å². The monoisotopic (exact) mass is 227 g/mol. The standard InChI is InChI=1S/C13H29N3/c1-10(2)7-8-12(5)16-13(14-6)15-9-11(3)4/h10-12H,7-9H2,1-6H3,(H2,14,15,16). The van der Waals surface area contributed by atoms with Crippen molar-refractivity contribution in [1.82, 2.24) is 10.6 Å². The minimum absolute atomic E-state index is 0.487. The van der Waals surface area contributed by atoms with E-state index in [9.17, 15) is 0 Å². The van der Waals surface area contributed by atoms with Crippen molar-refractivity contribution < 1.29 is 0 Å². The maximum absolute atomic E-state index is 4.22. The summed E-state index contributed by atoms with van der Waals surface area (Å²) in [4.78, 5) is 4.22. The van der Waals surface area contributed by atoms with E-state index in [0.717, 1.165) is 18.4 Å². The van der Waals surface area contributed by atoms with Gasteiger partial charge in [0.15, 0.2) is 5.96 Å². The molecule has 0 saturated carbocycles. The van der Waals surface area contributed by atoms with Crippen molar-refractivity contribution in [1.29, 1.82) is 0 Å². The smallest absolute Gasteiger partial charge is 0.191 e. The highest BCUT2D eigenvalue weighted by Crippen LogP contribution is 2.06. The second-order valence-corrected chi connectivity index (χ2v) is 5.36. The Morgan fingerprint density at radius 2 is 1.62 bits per heavy atom. The molecule has 1 unspecified atom stereocenters. The molecule has 0 amide bonds. The molecule has 0 aliphatic heterocycles. The number of hydrogen-bond donors (Lipinski definition) is 2. The van der Waals surface area contributed by atoms with Crippen molar-refractivity contribution in [2.75, 3.05) is 13.6 Å². The van der Waals surface area contributed by atoms with Crippen molar-refractivity contribution in [3.8, 4) is 0 Å². The molecule has 3 heteroatoms. The van der Waals surface area contributed by atoms with Gasteiger partial charge in [-0.05, 0) is 31.6 Å². The van der Waals surface area contributed by atoms with Crippen molar-refractivity contribution in [3.05, 3.63) is 0 Å². The van der Waals surface area contributed by atoms with E-state index in [1.807, 2.05) is 7.05 Å². The summed E-state index contributed by atoms with van der Waals surface area (Å²) in [6.45, 7) is 12.1. The second-order valence-electron chi connectivity index (χ2n) is 5.36. The molecule has 0 aliphatic rings. The van der Waals surface area contributed by atoms with Crippen LogP contribution in [0.15, 0.2) is 4.99 Å². The molecule has 96 valence electrons. The number of aliphatic imine (C=N–C) groups is 1. The van der Waals surface area contributed by atoms with Gasteiger partial charge >= 0.3 is 0 Å². The molecule has 0 radical (unpaired) electrons. The number of rotatable bonds is 6. The Morgan fingerprint density at radius 1 is 1.00 bits per heavy atom. The topological polar surface area (TPSA) is 36.4 Å². The highest BCUT2D eigenvalue weighted by molar-refractivity contribution is 5.79. The lowest BCUT2D eigenvalue weighted by Gasteiger charge is -2.19. The van der Waals surface area contributed by atoms with Crippen molar-refractivity contribution in [2.24, 2.45) is 16.8 Å². The minimum Gasteiger partial charge on any atom is -0.356 e. The molecule has 0 fully saturated rings. The van der Waals surface area contributed by atoms with E-state index in [-0.39, 0.29) is 0 Å².